The number of alkyl halides is 1. The summed E-state index contributed by atoms with van der Waals surface area (Å²) in [5.41, 5.74) is 1.58. The van der Waals surface area contributed by atoms with Crippen molar-refractivity contribution in [2.75, 3.05) is 19.5 Å². The molecule has 106 valence electrons. The average molecular weight is 282 g/mol. The monoisotopic (exact) mass is 281 g/mol. The maximum atomic E-state index is 6.21. The highest BCUT2D eigenvalue weighted by atomic mass is 35.5. The van der Waals surface area contributed by atoms with Crippen LogP contribution in [-0.4, -0.2) is 19.5 Å². The van der Waals surface area contributed by atoms with Crippen LogP contribution >= 0.6 is 11.6 Å². The van der Waals surface area contributed by atoms with Gasteiger partial charge in [-0.15, -0.1) is 11.6 Å². The molecule has 1 aromatic carbocycles. The molecule has 2 rings (SSSR count). The molecule has 0 heterocycles. The molecule has 1 fully saturated rings. The van der Waals surface area contributed by atoms with E-state index >= 15 is 0 Å². The van der Waals surface area contributed by atoms with Crippen molar-refractivity contribution in [2.45, 2.75) is 38.6 Å². The van der Waals surface area contributed by atoms with Crippen LogP contribution in [0.1, 0.15) is 37.7 Å². The largest absolute Gasteiger partial charge is 0.497 e. The molecule has 0 aliphatic heterocycles. The predicted octanol–water partition coefficient (Wildman–Crippen LogP) is 3.97. The van der Waals surface area contributed by atoms with Gasteiger partial charge in [-0.05, 0) is 36.0 Å². The van der Waals surface area contributed by atoms with Gasteiger partial charge >= 0.3 is 0 Å². The smallest absolute Gasteiger partial charge is 0.119 e. The van der Waals surface area contributed by atoms with Crippen LogP contribution in [0.4, 0.5) is 0 Å². The Morgan fingerprint density at radius 1 is 1.26 bits per heavy atom. The van der Waals surface area contributed by atoms with E-state index in [1.807, 2.05) is 12.1 Å². The number of benzene rings is 1. The quantitative estimate of drug-likeness (QED) is 0.797. The first-order valence-corrected chi connectivity index (χ1v) is 7.71. The molecule has 2 nitrogen and oxygen atoms in total. The highest BCUT2D eigenvalue weighted by molar-refractivity contribution is 6.18. The minimum Gasteiger partial charge on any atom is -0.497 e. The van der Waals surface area contributed by atoms with Crippen LogP contribution in [-0.2, 0) is 6.54 Å². The first-order valence-electron chi connectivity index (χ1n) is 7.18. The Morgan fingerprint density at radius 3 is 2.74 bits per heavy atom. The lowest BCUT2D eigenvalue weighted by atomic mass is 9.75. The van der Waals surface area contributed by atoms with E-state index in [1.165, 1.54) is 37.7 Å². The van der Waals surface area contributed by atoms with Crippen molar-refractivity contribution in [2.24, 2.45) is 5.41 Å². The molecular formula is C16H24ClNO. The molecule has 0 aromatic heterocycles. The van der Waals surface area contributed by atoms with Crippen molar-refractivity contribution in [1.29, 1.82) is 0 Å². The maximum absolute atomic E-state index is 6.21. The van der Waals surface area contributed by atoms with Crippen molar-refractivity contribution < 1.29 is 4.74 Å². The third-order valence-corrected chi connectivity index (χ3v) is 4.73. The van der Waals surface area contributed by atoms with Crippen molar-refractivity contribution in [1.82, 2.24) is 5.32 Å². The molecule has 0 bridgehead atoms. The van der Waals surface area contributed by atoms with E-state index < -0.39 is 0 Å². The van der Waals surface area contributed by atoms with Crippen LogP contribution in [0.2, 0.25) is 0 Å². The fourth-order valence-corrected chi connectivity index (χ4v) is 3.28. The van der Waals surface area contributed by atoms with Crippen LogP contribution in [0, 0.1) is 5.41 Å². The number of ether oxygens (including phenoxy) is 1. The summed E-state index contributed by atoms with van der Waals surface area (Å²) >= 11 is 6.21. The molecule has 1 aliphatic rings. The van der Waals surface area contributed by atoms with E-state index in [-0.39, 0.29) is 0 Å². The van der Waals surface area contributed by atoms with E-state index in [4.69, 9.17) is 16.3 Å². The molecule has 0 amide bonds. The Morgan fingerprint density at radius 2 is 2.05 bits per heavy atom. The zero-order valence-corrected chi connectivity index (χ0v) is 12.5. The molecule has 1 N–H and O–H groups in total. The highest BCUT2D eigenvalue weighted by Gasteiger charge is 2.30. The Balaban J connectivity index is 1.84. The number of methoxy groups -OCH3 is 1. The lowest BCUT2D eigenvalue weighted by Crippen LogP contribution is -2.37. The van der Waals surface area contributed by atoms with Gasteiger partial charge in [0.2, 0.25) is 0 Å². The Bertz CT molecular complexity index is 388. The van der Waals surface area contributed by atoms with E-state index in [0.717, 1.165) is 24.7 Å². The van der Waals surface area contributed by atoms with Gasteiger partial charge < -0.3 is 10.1 Å². The molecule has 1 aliphatic carbocycles. The van der Waals surface area contributed by atoms with E-state index in [0.29, 0.717) is 5.41 Å². The number of rotatable bonds is 6. The Labute approximate surface area is 121 Å². The third-order valence-electron chi connectivity index (χ3n) is 4.16. The van der Waals surface area contributed by atoms with E-state index in [1.54, 1.807) is 7.11 Å². The van der Waals surface area contributed by atoms with Gasteiger partial charge in [0, 0.05) is 19.0 Å². The van der Waals surface area contributed by atoms with Crippen LogP contribution in [0.3, 0.4) is 0 Å². The molecule has 1 saturated carbocycles. The summed E-state index contributed by atoms with van der Waals surface area (Å²) in [4.78, 5) is 0. The minimum absolute atomic E-state index is 0.318. The van der Waals surface area contributed by atoms with Gasteiger partial charge in [-0.25, -0.2) is 0 Å². The van der Waals surface area contributed by atoms with Crippen molar-refractivity contribution in [3.63, 3.8) is 0 Å². The topological polar surface area (TPSA) is 21.3 Å². The summed E-state index contributed by atoms with van der Waals surface area (Å²) in [5, 5.41) is 3.57. The second-order valence-corrected chi connectivity index (χ2v) is 5.92. The second kappa shape index (κ2) is 7.16. The zero-order chi connectivity index (χ0) is 13.6. The Hall–Kier alpha value is -0.730. The standard InChI is InChI=1S/C16H24ClNO/c1-19-15-7-5-6-14(10-15)11-18-13-16(12-17)8-3-2-4-9-16/h5-7,10,18H,2-4,8-9,11-13H2,1H3. The third kappa shape index (κ3) is 4.12. The summed E-state index contributed by atoms with van der Waals surface area (Å²) in [6, 6.07) is 8.23. The molecule has 3 heteroatoms. The van der Waals surface area contributed by atoms with Crippen molar-refractivity contribution >= 4 is 11.6 Å². The molecular weight excluding hydrogens is 258 g/mol. The van der Waals surface area contributed by atoms with E-state index in [2.05, 4.69) is 17.4 Å². The molecule has 0 unspecified atom stereocenters. The van der Waals surface area contributed by atoms with Gasteiger partial charge in [-0.3, -0.25) is 0 Å². The number of halogens is 1. The van der Waals surface area contributed by atoms with Crippen LogP contribution in [0.5, 0.6) is 5.75 Å². The SMILES string of the molecule is COc1cccc(CNCC2(CCl)CCCCC2)c1. The summed E-state index contributed by atoms with van der Waals surface area (Å²) in [5.74, 6) is 1.70. The van der Waals surface area contributed by atoms with Crippen molar-refractivity contribution in [3.05, 3.63) is 29.8 Å². The maximum Gasteiger partial charge on any atom is 0.119 e. The summed E-state index contributed by atoms with van der Waals surface area (Å²) in [6.07, 6.45) is 6.55. The summed E-state index contributed by atoms with van der Waals surface area (Å²) in [6.45, 7) is 1.91. The van der Waals surface area contributed by atoms with Gasteiger partial charge in [0.15, 0.2) is 0 Å². The molecule has 0 atom stereocenters. The lowest BCUT2D eigenvalue weighted by molar-refractivity contribution is 0.212. The van der Waals surface area contributed by atoms with E-state index in [9.17, 15) is 0 Å². The lowest BCUT2D eigenvalue weighted by Gasteiger charge is -2.35. The molecule has 0 spiro atoms. The predicted molar refractivity (Wildman–Crippen MR) is 80.9 cm³/mol. The van der Waals surface area contributed by atoms with Gasteiger partial charge in [-0.2, -0.15) is 0 Å². The first-order chi connectivity index (χ1) is 9.28. The normalized spacial score (nSPS) is 18.2. The number of nitrogens with one attached hydrogen (secondary N) is 1. The van der Waals surface area contributed by atoms with Gasteiger partial charge in [0.25, 0.3) is 0 Å². The zero-order valence-electron chi connectivity index (χ0n) is 11.8. The molecule has 19 heavy (non-hydrogen) atoms. The average Bonchev–Trinajstić information content (AvgIpc) is 2.48. The van der Waals surface area contributed by atoms with Gasteiger partial charge in [-0.1, -0.05) is 31.4 Å². The number of hydrogen-bond acceptors (Lipinski definition) is 2. The van der Waals surface area contributed by atoms with Gasteiger partial charge in [0.1, 0.15) is 5.75 Å². The molecule has 1 aromatic rings. The fourth-order valence-electron chi connectivity index (χ4n) is 2.91. The Kier molecular flexibility index (Phi) is 5.53. The fraction of sp³-hybridized carbons (Fsp3) is 0.625. The first kappa shape index (κ1) is 14.7. The summed E-state index contributed by atoms with van der Waals surface area (Å²) < 4.78 is 5.24. The van der Waals surface area contributed by atoms with Crippen molar-refractivity contribution in [3.8, 4) is 5.75 Å². The summed E-state index contributed by atoms with van der Waals surface area (Å²) in [7, 11) is 1.71. The van der Waals surface area contributed by atoms with Crippen LogP contribution in [0.25, 0.3) is 0 Å². The molecule has 0 saturated heterocycles. The van der Waals surface area contributed by atoms with Crippen LogP contribution < -0.4 is 10.1 Å². The molecule has 0 radical (unpaired) electrons. The van der Waals surface area contributed by atoms with Gasteiger partial charge in [0.05, 0.1) is 7.11 Å². The van der Waals surface area contributed by atoms with Crippen LogP contribution in [0.15, 0.2) is 24.3 Å². The highest BCUT2D eigenvalue weighted by Crippen LogP contribution is 2.36. The minimum atomic E-state index is 0.318. The number of hydrogen-bond donors (Lipinski definition) is 1. The second-order valence-electron chi connectivity index (χ2n) is 5.65.